The highest BCUT2D eigenvalue weighted by atomic mass is 35.5. The molecule has 0 aromatic heterocycles. The fourth-order valence-corrected chi connectivity index (χ4v) is 3.06. The highest BCUT2D eigenvalue weighted by Crippen LogP contribution is 2.26. The summed E-state index contributed by atoms with van der Waals surface area (Å²) >= 11 is 11.7. The van der Waals surface area contributed by atoms with E-state index in [9.17, 15) is 0 Å². The average molecular weight is 312 g/mol. The van der Waals surface area contributed by atoms with E-state index in [1.807, 2.05) is 12.1 Å². The second kappa shape index (κ2) is 6.29. The molecule has 1 heterocycles. The third-order valence-corrected chi connectivity index (χ3v) is 4.05. The molecule has 1 saturated heterocycles. The first kappa shape index (κ1) is 15.5. The summed E-state index contributed by atoms with van der Waals surface area (Å²) in [5, 5.41) is 1.67. The topological polar surface area (TPSA) is 9.72 Å². The zero-order valence-corrected chi connectivity index (χ0v) is 14.1. The van der Waals surface area contributed by atoms with Gasteiger partial charge in [0.2, 0.25) is 0 Å². The quantitative estimate of drug-likeness (QED) is 0.789. The first-order valence-electron chi connectivity index (χ1n) is 6.89. The van der Waals surface area contributed by atoms with Gasteiger partial charge in [-0.25, -0.2) is 0 Å². The van der Waals surface area contributed by atoms with Crippen molar-refractivity contribution in [3.05, 3.63) is 28.8 Å². The molecule has 0 amide bonds. The predicted octanol–water partition coefficient (Wildman–Crippen LogP) is 3.56. The first-order chi connectivity index (χ1) is 9.38. The molecule has 0 radical (unpaired) electrons. The van der Waals surface area contributed by atoms with Crippen molar-refractivity contribution in [3.63, 3.8) is 0 Å². The van der Waals surface area contributed by atoms with Gasteiger partial charge in [0, 0.05) is 17.3 Å². The van der Waals surface area contributed by atoms with Gasteiger partial charge in [0.1, 0.15) is 0 Å². The van der Waals surface area contributed by atoms with Crippen LogP contribution in [0.1, 0.15) is 19.4 Å². The number of aryl methyl sites for hydroxylation is 1. The molecule has 0 saturated carbocycles. The second-order valence-electron chi connectivity index (χ2n) is 5.90. The third kappa shape index (κ3) is 3.43. The molecule has 1 aromatic rings. The number of halogens is 1. The normalized spacial score (nSPS) is 17.2. The molecule has 0 bridgehead atoms. The minimum absolute atomic E-state index is 0.590. The zero-order valence-electron chi connectivity index (χ0n) is 12.6. The Morgan fingerprint density at radius 3 is 2.60 bits per heavy atom. The maximum Gasteiger partial charge on any atom is 0.178 e. The molecule has 1 aliphatic rings. The van der Waals surface area contributed by atoms with E-state index in [0.29, 0.717) is 5.92 Å². The Bertz CT molecular complexity index is 502. The van der Waals surface area contributed by atoms with Crippen LogP contribution in [-0.4, -0.2) is 41.8 Å². The monoisotopic (exact) mass is 311 g/mol. The minimum atomic E-state index is 0.590. The van der Waals surface area contributed by atoms with E-state index < -0.39 is 0 Å². The van der Waals surface area contributed by atoms with E-state index in [1.54, 1.807) is 0 Å². The van der Waals surface area contributed by atoms with Crippen LogP contribution in [0.15, 0.2) is 18.2 Å². The zero-order chi connectivity index (χ0) is 14.9. The Labute approximate surface area is 132 Å². The summed E-state index contributed by atoms with van der Waals surface area (Å²) in [5.74, 6) is 0.590. The molecule has 1 fully saturated rings. The van der Waals surface area contributed by atoms with Gasteiger partial charge in [0.05, 0.1) is 13.3 Å². The third-order valence-electron chi connectivity index (χ3n) is 3.33. The smallest absolute Gasteiger partial charge is 0.178 e. The molecule has 0 spiro atoms. The Hall–Kier alpha value is -0.840. The van der Waals surface area contributed by atoms with Crippen molar-refractivity contribution in [3.8, 4) is 0 Å². The number of anilines is 1. The maximum atomic E-state index is 6.05. The Kier molecular flexibility index (Phi) is 4.89. The van der Waals surface area contributed by atoms with Gasteiger partial charge >= 0.3 is 0 Å². The van der Waals surface area contributed by atoms with Crippen molar-refractivity contribution >= 4 is 34.6 Å². The van der Waals surface area contributed by atoms with E-state index in [-0.39, 0.29) is 0 Å². The Morgan fingerprint density at radius 1 is 1.30 bits per heavy atom. The van der Waals surface area contributed by atoms with Crippen molar-refractivity contribution in [2.45, 2.75) is 20.8 Å². The molecule has 2 rings (SSSR count). The van der Waals surface area contributed by atoms with Crippen LogP contribution < -0.4 is 4.90 Å². The summed E-state index contributed by atoms with van der Waals surface area (Å²) in [6.07, 6.45) is 0. The molecule has 0 unspecified atom stereocenters. The lowest BCUT2D eigenvalue weighted by Crippen LogP contribution is -2.57. The fraction of sp³-hybridized carbons (Fsp3) is 0.533. The number of thiocarbonyl (C=S) groups is 1. The van der Waals surface area contributed by atoms with Gasteiger partial charge in [0.15, 0.2) is 5.11 Å². The van der Waals surface area contributed by atoms with Gasteiger partial charge in [0.25, 0.3) is 0 Å². The largest absolute Gasteiger partial charge is 0.336 e. The molecule has 110 valence electrons. The van der Waals surface area contributed by atoms with Crippen LogP contribution in [0, 0.1) is 12.8 Å². The van der Waals surface area contributed by atoms with E-state index in [1.165, 1.54) is 0 Å². The molecule has 5 heteroatoms. The van der Waals surface area contributed by atoms with Gasteiger partial charge in [-0.2, -0.15) is 0 Å². The van der Waals surface area contributed by atoms with E-state index >= 15 is 0 Å². The van der Waals surface area contributed by atoms with Gasteiger partial charge in [-0.1, -0.05) is 25.4 Å². The molecular weight excluding hydrogens is 290 g/mol. The fourth-order valence-electron chi connectivity index (χ4n) is 2.55. The maximum absolute atomic E-state index is 6.05. The minimum Gasteiger partial charge on any atom is -0.336 e. The molecule has 3 nitrogen and oxygen atoms in total. The standard InChI is InChI=1S/C15H22ClN3S/c1-11(2)8-18-9-17(4)10-19(15(18)20)14-6-5-13(16)7-12(14)3/h5-7,11H,8-10H2,1-4H3. The molecule has 1 aliphatic heterocycles. The average Bonchev–Trinajstić information content (AvgIpc) is 2.33. The second-order valence-corrected chi connectivity index (χ2v) is 6.70. The van der Waals surface area contributed by atoms with Gasteiger partial charge in [-0.05, 0) is 55.9 Å². The molecule has 20 heavy (non-hydrogen) atoms. The van der Waals surface area contributed by atoms with Crippen LogP contribution in [0.25, 0.3) is 0 Å². The summed E-state index contributed by atoms with van der Waals surface area (Å²) in [6, 6.07) is 5.96. The lowest BCUT2D eigenvalue weighted by molar-refractivity contribution is 0.188. The summed E-state index contributed by atoms with van der Waals surface area (Å²) in [6.45, 7) is 9.19. The highest BCUT2D eigenvalue weighted by Gasteiger charge is 2.27. The number of hydrogen-bond acceptors (Lipinski definition) is 2. The highest BCUT2D eigenvalue weighted by molar-refractivity contribution is 7.80. The van der Waals surface area contributed by atoms with E-state index in [4.69, 9.17) is 23.8 Å². The summed E-state index contributed by atoms with van der Waals surface area (Å²) in [7, 11) is 2.12. The van der Waals surface area contributed by atoms with Crippen LogP contribution in [0.2, 0.25) is 5.02 Å². The van der Waals surface area contributed by atoms with Crippen molar-refractivity contribution in [1.82, 2.24) is 9.80 Å². The SMILES string of the molecule is Cc1cc(Cl)ccc1N1CN(C)CN(CC(C)C)C1=S. The van der Waals surface area contributed by atoms with Gasteiger partial charge in [-0.15, -0.1) is 0 Å². The van der Waals surface area contributed by atoms with Crippen molar-refractivity contribution in [2.75, 3.05) is 31.8 Å². The first-order valence-corrected chi connectivity index (χ1v) is 7.68. The lowest BCUT2D eigenvalue weighted by Gasteiger charge is -2.44. The lowest BCUT2D eigenvalue weighted by atomic mass is 10.1. The summed E-state index contributed by atoms with van der Waals surface area (Å²) in [5.41, 5.74) is 2.29. The number of hydrogen-bond donors (Lipinski definition) is 0. The molecule has 0 aliphatic carbocycles. The molecule has 1 aromatic carbocycles. The van der Waals surface area contributed by atoms with Crippen LogP contribution in [-0.2, 0) is 0 Å². The Balaban J connectivity index is 2.27. The number of nitrogens with zero attached hydrogens (tertiary/aromatic N) is 3. The van der Waals surface area contributed by atoms with Crippen LogP contribution in [0.3, 0.4) is 0 Å². The predicted molar refractivity (Wildman–Crippen MR) is 90.3 cm³/mol. The van der Waals surface area contributed by atoms with E-state index in [2.05, 4.69) is 48.6 Å². The van der Waals surface area contributed by atoms with E-state index in [0.717, 1.165) is 41.3 Å². The van der Waals surface area contributed by atoms with Crippen molar-refractivity contribution < 1.29 is 0 Å². The van der Waals surface area contributed by atoms with Crippen molar-refractivity contribution in [2.24, 2.45) is 5.92 Å². The number of benzene rings is 1. The number of rotatable bonds is 3. The van der Waals surface area contributed by atoms with Crippen molar-refractivity contribution in [1.29, 1.82) is 0 Å². The summed E-state index contributed by atoms with van der Waals surface area (Å²) < 4.78 is 0. The summed E-state index contributed by atoms with van der Waals surface area (Å²) in [4.78, 5) is 6.72. The molecule has 0 N–H and O–H groups in total. The van der Waals surface area contributed by atoms with Gasteiger partial charge in [-0.3, -0.25) is 4.90 Å². The molecule has 0 atom stereocenters. The van der Waals surface area contributed by atoms with Crippen LogP contribution in [0.5, 0.6) is 0 Å². The van der Waals surface area contributed by atoms with Crippen LogP contribution in [0.4, 0.5) is 5.69 Å². The Morgan fingerprint density at radius 2 is 2.00 bits per heavy atom. The van der Waals surface area contributed by atoms with Gasteiger partial charge < -0.3 is 9.80 Å². The molecular formula is C15H22ClN3S. The van der Waals surface area contributed by atoms with Crippen LogP contribution >= 0.6 is 23.8 Å².